The highest BCUT2D eigenvalue weighted by atomic mass is 19.1. The van der Waals surface area contributed by atoms with Crippen molar-refractivity contribution in [1.29, 1.82) is 0 Å². The number of rotatable bonds is 5. The van der Waals surface area contributed by atoms with Crippen LogP contribution in [0, 0.1) is 10.7 Å². The number of nitrogens with zero attached hydrogens (tertiary/aromatic N) is 1. The Balaban J connectivity index is 3.34. The van der Waals surface area contributed by atoms with Gasteiger partial charge in [-0.3, -0.25) is 4.79 Å². The SMILES string of the molecule is C=C(OC)c1cc(F)c(N=O)cc1NC=O. The number of amides is 1. The van der Waals surface area contributed by atoms with Crippen molar-refractivity contribution in [3.05, 3.63) is 35.0 Å². The molecule has 1 N–H and O–H groups in total. The first-order chi connectivity index (χ1) is 7.63. The van der Waals surface area contributed by atoms with Gasteiger partial charge in [-0.1, -0.05) is 6.58 Å². The van der Waals surface area contributed by atoms with Crippen molar-refractivity contribution < 1.29 is 13.9 Å². The highest BCUT2D eigenvalue weighted by Crippen LogP contribution is 2.30. The van der Waals surface area contributed by atoms with Crippen LogP contribution in [0.15, 0.2) is 23.9 Å². The average molecular weight is 224 g/mol. The zero-order valence-electron chi connectivity index (χ0n) is 8.49. The predicted molar refractivity (Wildman–Crippen MR) is 57.6 cm³/mol. The molecule has 0 saturated heterocycles. The second-order valence-corrected chi connectivity index (χ2v) is 2.83. The molecule has 1 rings (SSSR count). The fourth-order valence-electron chi connectivity index (χ4n) is 1.16. The topological polar surface area (TPSA) is 67.8 Å². The monoisotopic (exact) mass is 224 g/mol. The van der Waals surface area contributed by atoms with Gasteiger partial charge in [-0.25, -0.2) is 4.39 Å². The number of carbonyl (C=O) groups is 1. The number of carbonyl (C=O) groups excluding carboxylic acids is 1. The van der Waals surface area contributed by atoms with E-state index in [0.29, 0.717) is 6.41 Å². The minimum absolute atomic E-state index is 0.167. The summed E-state index contributed by atoms with van der Waals surface area (Å²) >= 11 is 0. The van der Waals surface area contributed by atoms with Crippen molar-refractivity contribution >= 4 is 23.5 Å². The first kappa shape index (κ1) is 11.8. The predicted octanol–water partition coefficient (Wildman–Crippen LogP) is 2.41. The molecule has 0 bridgehead atoms. The van der Waals surface area contributed by atoms with Crippen LogP contribution >= 0.6 is 0 Å². The van der Waals surface area contributed by atoms with Gasteiger partial charge in [0.15, 0.2) is 5.82 Å². The Morgan fingerprint density at radius 1 is 1.62 bits per heavy atom. The summed E-state index contributed by atoms with van der Waals surface area (Å²) in [5, 5.41) is 4.79. The number of benzene rings is 1. The number of hydrogen-bond acceptors (Lipinski definition) is 4. The second-order valence-electron chi connectivity index (χ2n) is 2.83. The van der Waals surface area contributed by atoms with E-state index in [-0.39, 0.29) is 17.0 Å². The van der Waals surface area contributed by atoms with Crippen LogP contribution < -0.4 is 5.32 Å². The van der Waals surface area contributed by atoms with Crippen molar-refractivity contribution in [2.45, 2.75) is 0 Å². The van der Waals surface area contributed by atoms with Gasteiger partial charge in [0.25, 0.3) is 0 Å². The lowest BCUT2D eigenvalue weighted by Crippen LogP contribution is -2.00. The van der Waals surface area contributed by atoms with Crippen molar-refractivity contribution in [3.63, 3.8) is 0 Å². The van der Waals surface area contributed by atoms with Gasteiger partial charge < -0.3 is 10.1 Å². The van der Waals surface area contributed by atoms with Crippen LogP contribution in [0.25, 0.3) is 5.76 Å². The summed E-state index contributed by atoms with van der Waals surface area (Å²) in [6.07, 6.45) is 0.397. The quantitative estimate of drug-likeness (QED) is 0.474. The number of nitrogens with one attached hydrogen (secondary N) is 1. The normalized spacial score (nSPS) is 9.38. The van der Waals surface area contributed by atoms with E-state index in [4.69, 9.17) is 4.74 Å². The summed E-state index contributed by atoms with van der Waals surface area (Å²) in [4.78, 5) is 20.6. The Hall–Kier alpha value is -2.24. The zero-order valence-corrected chi connectivity index (χ0v) is 8.49. The van der Waals surface area contributed by atoms with Crippen molar-refractivity contribution in [2.75, 3.05) is 12.4 Å². The van der Waals surface area contributed by atoms with Gasteiger partial charge in [0.1, 0.15) is 11.4 Å². The van der Waals surface area contributed by atoms with Gasteiger partial charge in [0.05, 0.1) is 12.8 Å². The lowest BCUT2D eigenvalue weighted by molar-refractivity contribution is -0.105. The highest BCUT2D eigenvalue weighted by Gasteiger charge is 2.12. The lowest BCUT2D eigenvalue weighted by Gasteiger charge is -2.10. The van der Waals surface area contributed by atoms with Gasteiger partial charge in [0, 0.05) is 5.56 Å². The molecule has 1 amide bonds. The summed E-state index contributed by atoms with van der Waals surface area (Å²) in [6.45, 7) is 3.53. The molecule has 5 nitrogen and oxygen atoms in total. The number of halogens is 1. The van der Waals surface area contributed by atoms with E-state index in [2.05, 4.69) is 17.1 Å². The summed E-state index contributed by atoms with van der Waals surface area (Å²) in [5.74, 6) is -0.639. The second kappa shape index (κ2) is 5.01. The van der Waals surface area contributed by atoms with Crippen LogP contribution in [0.2, 0.25) is 0 Å². The Morgan fingerprint density at radius 2 is 2.31 bits per heavy atom. The third-order valence-electron chi connectivity index (χ3n) is 1.95. The zero-order chi connectivity index (χ0) is 12.1. The van der Waals surface area contributed by atoms with Crippen LogP contribution in [0.4, 0.5) is 15.8 Å². The first-order valence-corrected chi connectivity index (χ1v) is 4.24. The van der Waals surface area contributed by atoms with E-state index in [1.54, 1.807) is 0 Å². The Kier molecular flexibility index (Phi) is 3.71. The van der Waals surface area contributed by atoms with Crippen molar-refractivity contribution in [1.82, 2.24) is 0 Å². The fraction of sp³-hybridized carbons (Fsp3) is 0.100. The van der Waals surface area contributed by atoms with Gasteiger partial charge in [-0.2, -0.15) is 0 Å². The first-order valence-electron chi connectivity index (χ1n) is 4.24. The van der Waals surface area contributed by atoms with Gasteiger partial charge >= 0.3 is 0 Å². The molecule has 0 spiro atoms. The molecule has 1 aromatic rings. The highest BCUT2D eigenvalue weighted by molar-refractivity contribution is 5.82. The molecular weight excluding hydrogens is 215 g/mol. The molecule has 16 heavy (non-hydrogen) atoms. The molecule has 1 aromatic carbocycles. The molecule has 0 aliphatic carbocycles. The molecule has 0 aliphatic heterocycles. The van der Waals surface area contributed by atoms with E-state index in [9.17, 15) is 14.1 Å². The van der Waals surface area contributed by atoms with E-state index in [1.165, 1.54) is 7.11 Å². The van der Waals surface area contributed by atoms with Crippen molar-refractivity contribution in [3.8, 4) is 0 Å². The van der Waals surface area contributed by atoms with Crippen LogP contribution in [0.1, 0.15) is 5.56 Å². The third-order valence-corrected chi connectivity index (χ3v) is 1.95. The largest absolute Gasteiger partial charge is 0.497 e. The van der Waals surface area contributed by atoms with Gasteiger partial charge in [-0.15, -0.1) is 4.91 Å². The molecule has 0 radical (unpaired) electrons. The molecular formula is C10H9FN2O3. The molecule has 0 saturated carbocycles. The van der Waals surface area contributed by atoms with Crippen LogP contribution in [0.5, 0.6) is 0 Å². The molecule has 0 aromatic heterocycles. The summed E-state index contributed by atoms with van der Waals surface area (Å²) < 4.78 is 18.1. The van der Waals surface area contributed by atoms with Crippen LogP contribution in [-0.2, 0) is 9.53 Å². The van der Waals surface area contributed by atoms with Gasteiger partial charge in [0.2, 0.25) is 6.41 Å². The number of nitroso groups, excluding NO2 is 1. The fourth-order valence-corrected chi connectivity index (χ4v) is 1.16. The lowest BCUT2D eigenvalue weighted by atomic mass is 10.1. The molecule has 0 aliphatic rings. The number of anilines is 1. The van der Waals surface area contributed by atoms with E-state index in [1.807, 2.05) is 0 Å². The smallest absolute Gasteiger partial charge is 0.211 e. The minimum atomic E-state index is -0.806. The molecule has 0 unspecified atom stereocenters. The minimum Gasteiger partial charge on any atom is -0.497 e. The van der Waals surface area contributed by atoms with E-state index < -0.39 is 11.5 Å². The van der Waals surface area contributed by atoms with Crippen LogP contribution in [0.3, 0.4) is 0 Å². The van der Waals surface area contributed by atoms with Crippen molar-refractivity contribution in [2.24, 2.45) is 5.18 Å². The van der Waals surface area contributed by atoms with Crippen LogP contribution in [-0.4, -0.2) is 13.5 Å². The standard InChI is InChI=1S/C10H9FN2O3/c1-6(16-2)7-3-8(11)10(13-15)4-9(7)12-5-14/h3-5H,1H2,2H3,(H,12,14). The number of ether oxygens (including phenoxy) is 1. The maximum atomic E-state index is 13.3. The number of hydrogen-bond donors (Lipinski definition) is 1. The average Bonchev–Trinajstić information content (AvgIpc) is 2.30. The molecule has 0 atom stereocenters. The number of methoxy groups -OCH3 is 1. The summed E-state index contributed by atoms with van der Waals surface area (Å²) in [6, 6.07) is 2.13. The van der Waals surface area contributed by atoms with E-state index in [0.717, 1.165) is 12.1 Å². The molecule has 6 heteroatoms. The molecule has 0 heterocycles. The molecule has 84 valence electrons. The third kappa shape index (κ3) is 2.22. The Labute approximate surface area is 90.9 Å². The van der Waals surface area contributed by atoms with Gasteiger partial charge in [-0.05, 0) is 17.3 Å². The Bertz CT molecular complexity index is 446. The summed E-state index contributed by atoms with van der Waals surface area (Å²) in [7, 11) is 1.36. The maximum Gasteiger partial charge on any atom is 0.211 e. The molecule has 0 fully saturated rings. The Morgan fingerprint density at radius 3 is 2.81 bits per heavy atom. The maximum absolute atomic E-state index is 13.3. The van der Waals surface area contributed by atoms with E-state index >= 15 is 0 Å². The summed E-state index contributed by atoms with van der Waals surface area (Å²) in [5.41, 5.74) is 0.0642.